The van der Waals surface area contributed by atoms with Gasteiger partial charge in [0.1, 0.15) is 0 Å². The van der Waals surface area contributed by atoms with Crippen LogP contribution >= 0.6 is 0 Å². The van der Waals surface area contributed by atoms with Crippen molar-refractivity contribution >= 4 is 0 Å². The highest BCUT2D eigenvalue weighted by atomic mass is 19.4. The number of nitrogens with one attached hydrogen (secondary N) is 1. The highest BCUT2D eigenvalue weighted by molar-refractivity contribution is 4.53. The summed E-state index contributed by atoms with van der Waals surface area (Å²) in [6.45, 7) is 0.333. The zero-order valence-corrected chi connectivity index (χ0v) is 6.75. The first-order valence-electron chi connectivity index (χ1n) is 3.89. The van der Waals surface area contributed by atoms with Crippen LogP contribution in [0.4, 0.5) is 17.6 Å². The molecule has 0 heterocycles. The molecule has 0 bridgehead atoms. The second kappa shape index (κ2) is 6.22. The average Bonchev–Trinajstić information content (AvgIpc) is 1.94. The number of hydrogen-bond donors (Lipinski definition) is 1. The molecule has 12 heavy (non-hydrogen) atoms. The summed E-state index contributed by atoms with van der Waals surface area (Å²) in [6, 6.07) is 0. The summed E-state index contributed by atoms with van der Waals surface area (Å²) in [5.41, 5.74) is 0. The van der Waals surface area contributed by atoms with E-state index in [4.69, 9.17) is 0 Å². The molecule has 0 spiro atoms. The quantitative estimate of drug-likeness (QED) is 0.497. The maximum atomic E-state index is 11.5. The van der Waals surface area contributed by atoms with Crippen molar-refractivity contribution in [3.05, 3.63) is 0 Å². The van der Waals surface area contributed by atoms with Gasteiger partial charge in [-0.25, -0.2) is 0 Å². The second-order valence-electron chi connectivity index (χ2n) is 2.51. The van der Waals surface area contributed by atoms with Gasteiger partial charge in [0.05, 0.1) is 6.67 Å². The summed E-state index contributed by atoms with van der Waals surface area (Å²) in [6.07, 6.45) is -4.40. The van der Waals surface area contributed by atoms with Gasteiger partial charge in [-0.3, -0.25) is 4.39 Å². The molecule has 0 unspecified atom stereocenters. The van der Waals surface area contributed by atoms with Crippen molar-refractivity contribution in [1.29, 1.82) is 0 Å². The summed E-state index contributed by atoms with van der Waals surface area (Å²) in [5, 5.41) is 2.72. The summed E-state index contributed by atoms with van der Waals surface area (Å²) < 4.78 is 46.1. The first kappa shape index (κ1) is 11.7. The van der Waals surface area contributed by atoms with E-state index in [0.717, 1.165) is 0 Å². The van der Waals surface area contributed by atoms with Crippen molar-refractivity contribution in [3.8, 4) is 0 Å². The average molecular weight is 187 g/mol. The van der Waals surface area contributed by atoms with Gasteiger partial charge in [0, 0.05) is 6.42 Å². The fourth-order valence-electron chi connectivity index (χ4n) is 0.731. The second-order valence-corrected chi connectivity index (χ2v) is 2.51. The first-order chi connectivity index (χ1) is 5.56. The molecule has 0 rings (SSSR count). The van der Waals surface area contributed by atoms with Crippen LogP contribution in [0.3, 0.4) is 0 Å². The molecule has 0 aromatic carbocycles. The van der Waals surface area contributed by atoms with Crippen molar-refractivity contribution in [1.82, 2.24) is 5.32 Å². The third-order valence-corrected chi connectivity index (χ3v) is 1.30. The maximum absolute atomic E-state index is 11.5. The van der Waals surface area contributed by atoms with E-state index < -0.39 is 19.3 Å². The largest absolute Gasteiger partial charge is 0.389 e. The predicted molar refractivity (Wildman–Crippen MR) is 38.8 cm³/mol. The molecule has 0 saturated carbocycles. The Bertz CT molecular complexity index is 102. The lowest BCUT2D eigenvalue weighted by Gasteiger charge is -2.06. The van der Waals surface area contributed by atoms with E-state index in [2.05, 4.69) is 5.32 Å². The Morgan fingerprint density at radius 1 is 1.00 bits per heavy atom. The zero-order valence-electron chi connectivity index (χ0n) is 6.75. The smallest absolute Gasteiger partial charge is 0.317 e. The van der Waals surface area contributed by atoms with E-state index in [1.165, 1.54) is 0 Å². The van der Waals surface area contributed by atoms with E-state index in [9.17, 15) is 17.6 Å². The van der Waals surface area contributed by atoms with Gasteiger partial charge in [0.25, 0.3) is 0 Å². The van der Waals surface area contributed by atoms with Crippen molar-refractivity contribution in [3.63, 3.8) is 0 Å². The molecule has 1 N–H and O–H groups in total. The molecule has 0 aromatic heterocycles. The minimum atomic E-state index is -4.07. The lowest BCUT2D eigenvalue weighted by Crippen LogP contribution is -2.19. The molecule has 0 amide bonds. The topological polar surface area (TPSA) is 12.0 Å². The molecule has 0 radical (unpaired) electrons. The number of alkyl halides is 4. The van der Waals surface area contributed by atoms with Crippen LogP contribution in [0.1, 0.15) is 19.3 Å². The van der Waals surface area contributed by atoms with Crippen LogP contribution in [0.25, 0.3) is 0 Å². The molecular formula is C7H13F4N. The van der Waals surface area contributed by atoms with Gasteiger partial charge in [-0.1, -0.05) is 0 Å². The fraction of sp³-hybridized carbons (Fsp3) is 1.00. The minimum absolute atomic E-state index is 0.0653. The Morgan fingerprint density at radius 2 is 1.58 bits per heavy atom. The molecule has 0 atom stereocenters. The van der Waals surface area contributed by atoms with Crippen LogP contribution in [0.5, 0.6) is 0 Å². The highest BCUT2D eigenvalue weighted by Gasteiger charge is 2.25. The van der Waals surface area contributed by atoms with E-state index in [-0.39, 0.29) is 6.42 Å². The third-order valence-electron chi connectivity index (χ3n) is 1.30. The summed E-state index contributed by atoms with van der Waals surface area (Å²) in [4.78, 5) is 0. The molecule has 0 saturated heterocycles. The molecule has 5 heteroatoms. The van der Waals surface area contributed by atoms with Crippen molar-refractivity contribution < 1.29 is 17.6 Å². The molecule has 1 nitrogen and oxygen atoms in total. The van der Waals surface area contributed by atoms with Crippen LogP contribution in [0, 0.1) is 0 Å². The van der Waals surface area contributed by atoms with Crippen molar-refractivity contribution in [2.24, 2.45) is 0 Å². The predicted octanol–water partition coefficient (Wildman–Crippen LogP) is 2.28. The molecule has 0 aliphatic rings. The van der Waals surface area contributed by atoms with E-state index >= 15 is 0 Å². The van der Waals surface area contributed by atoms with E-state index in [1.807, 2.05) is 0 Å². The summed E-state index contributed by atoms with van der Waals surface area (Å²) in [7, 11) is 0. The van der Waals surface area contributed by atoms with Gasteiger partial charge in [0.15, 0.2) is 0 Å². The van der Waals surface area contributed by atoms with Gasteiger partial charge in [-0.2, -0.15) is 13.2 Å². The molecule has 0 aromatic rings. The Kier molecular flexibility index (Phi) is 6.06. The van der Waals surface area contributed by atoms with E-state index in [0.29, 0.717) is 19.5 Å². The Labute approximate surface area is 69.1 Å². The normalized spacial score (nSPS) is 12.0. The maximum Gasteiger partial charge on any atom is 0.389 e. The lowest BCUT2D eigenvalue weighted by atomic mass is 10.3. The monoisotopic (exact) mass is 187 g/mol. The number of rotatable bonds is 6. The Hall–Kier alpha value is -0.320. The standard InChI is InChI=1S/C7H13F4N/c8-4-2-6-12-5-1-3-7(9,10)11/h12H,1-6H2. The Morgan fingerprint density at radius 3 is 2.08 bits per heavy atom. The summed E-state index contributed by atoms with van der Waals surface area (Å²) >= 11 is 0. The molecular weight excluding hydrogens is 174 g/mol. The van der Waals surface area contributed by atoms with Gasteiger partial charge in [0.2, 0.25) is 0 Å². The molecule has 0 fully saturated rings. The Balaban J connectivity index is 3.01. The molecule has 0 aliphatic carbocycles. The summed E-state index contributed by atoms with van der Waals surface area (Å²) in [5.74, 6) is 0. The SMILES string of the molecule is FCCCNCCCC(F)(F)F. The van der Waals surface area contributed by atoms with Crippen LogP contribution in [0.2, 0.25) is 0 Å². The minimum Gasteiger partial charge on any atom is -0.317 e. The van der Waals surface area contributed by atoms with Crippen molar-refractivity contribution in [2.75, 3.05) is 19.8 Å². The van der Waals surface area contributed by atoms with Crippen LogP contribution in [-0.4, -0.2) is 25.9 Å². The number of hydrogen-bond acceptors (Lipinski definition) is 1. The zero-order chi connectivity index (χ0) is 9.45. The number of halogens is 4. The van der Waals surface area contributed by atoms with Crippen LogP contribution in [0.15, 0.2) is 0 Å². The van der Waals surface area contributed by atoms with Crippen LogP contribution < -0.4 is 5.32 Å². The molecule has 74 valence electrons. The van der Waals surface area contributed by atoms with Gasteiger partial charge in [-0.05, 0) is 25.9 Å². The molecule has 0 aliphatic heterocycles. The lowest BCUT2D eigenvalue weighted by molar-refractivity contribution is -0.135. The van der Waals surface area contributed by atoms with Gasteiger partial charge >= 0.3 is 6.18 Å². The third kappa shape index (κ3) is 9.68. The fourth-order valence-corrected chi connectivity index (χ4v) is 0.731. The first-order valence-corrected chi connectivity index (χ1v) is 3.89. The van der Waals surface area contributed by atoms with Gasteiger partial charge < -0.3 is 5.32 Å². The van der Waals surface area contributed by atoms with E-state index in [1.54, 1.807) is 0 Å². The highest BCUT2D eigenvalue weighted by Crippen LogP contribution is 2.20. The van der Waals surface area contributed by atoms with Crippen molar-refractivity contribution in [2.45, 2.75) is 25.4 Å². The van der Waals surface area contributed by atoms with Gasteiger partial charge in [-0.15, -0.1) is 0 Å². The van der Waals surface area contributed by atoms with Crippen LogP contribution in [-0.2, 0) is 0 Å².